The Hall–Kier alpha value is -1.97. The Morgan fingerprint density at radius 1 is 1.41 bits per heavy atom. The lowest BCUT2D eigenvalue weighted by molar-refractivity contribution is -0.119. The lowest BCUT2D eigenvalue weighted by Gasteiger charge is -2.10. The molecule has 1 atom stereocenters. The SMILES string of the molecule is CCC(C)NC(=O)CSc1nc2c(sc(=S)n2-c2ccc(C)cc2)c(=O)[nH]1. The van der Waals surface area contributed by atoms with Gasteiger partial charge in [-0.2, -0.15) is 0 Å². The minimum atomic E-state index is -0.244. The van der Waals surface area contributed by atoms with E-state index in [9.17, 15) is 9.59 Å². The number of carbonyl (C=O) groups is 1. The second-order valence-electron chi connectivity index (χ2n) is 6.23. The summed E-state index contributed by atoms with van der Waals surface area (Å²) in [6.07, 6.45) is 0.866. The van der Waals surface area contributed by atoms with Gasteiger partial charge in [0, 0.05) is 11.7 Å². The summed E-state index contributed by atoms with van der Waals surface area (Å²) in [5.41, 5.74) is 2.27. The summed E-state index contributed by atoms with van der Waals surface area (Å²) in [7, 11) is 0. The number of aromatic nitrogens is 3. The number of rotatable bonds is 6. The minimum absolute atomic E-state index is 0.0854. The Kier molecular flexibility index (Phi) is 6.13. The number of nitrogens with zero attached hydrogens (tertiary/aromatic N) is 2. The molecular weight excluding hydrogens is 400 g/mol. The first-order chi connectivity index (χ1) is 12.9. The van der Waals surface area contributed by atoms with Crippen LogP contribution in [0.15, 0.2) is 34.2 Å². The summed E-state index contributed by atoms with van der Waals surface area (Å²) in [4.78, 5) is 31.7. The summed E-state index contributed by atoms with van der Waals surface area (Å²) in [6, 6.07) is 8.00. The highest BCUT2D eigenvalue weighted by Gasteiger charge is 2.15. The van der Waals surface area contributed by atoms with Gasteiger partial charge in [0.25, 0.3) is 5.56 Å². The molecule has 2 N–H and O–H groups in total. The molecule has 0 aliphatic heterocycles. The van der Waals surface area contributed by atoms with Crippen LogP contribution in [0.3, 0.4) is 0 Å². The monoisotopic (exact) mass is 420 g/mol. The van der Waals surface area contributed by atoms with Crippen LogP contribution in [0.1, 0.15) is 25.8 Å². The van der Waals surface area contributed by atoms with Gasteiger partial charge in [-0.25, -0.2) is 4.98 Å². The molecule has 0 fully saturated rings. The van der Waals surface area contributed by atoms with Crippen molar-refractivity contribution in [2.45, 2.75) is 38.4 Å². The number of aromatic amines is 1. The maximum Gasteiger partial charge on any atom is 0.271 e. The second kappa shape index (κ2) is 8.37. The number of thiazole rings is 1. The third-order valence-corrected chi connectivity index (χ3v) is 6.31. The first-order valence-electron chi connectivity index (χ1n) is 8.54. The van der Waals surface area contributed by atoms with Crippen molar-refractivity contribution in [3.05, 3.63) is 44.1 Å². The summed E-state index contributed by atoms with van der Waals surface area (Å²) >= 11 is 7.89. The highest BCUT2D eigenvalue weighted by molar-refractivity contribution is 7.99. The van der Waals surface area contributed by atoms with Crippen molar-refractivity contribution in [2.24, 2.45) is 0 Å². The van der Waals surface area contributed by atoms with Crippen LogP contribution in [0.25, 0.3) is 16.0 Å². The average molecular weight is 421 g/mol. The molecule has 2 aromatic heterocycles. The maximum atomic E-state index is 12.5. The molecule has 0 saturated carbocycles. The molecule has 142 valence electrons. The zero-order chi connectivity index (χ0) is 19.6. The zero-order valence-corrected chi connectivity index (χ0v) is 17.7. The summed E-state index contributed by atoms with van der Waals surface area (Å²) in [6.45, 7) is 5.98. The van der Waals surface area contributed by atoms with Crippen LogP contribution in [-0.2, 0) is 4.79 Å². The number of hydrogen-bond donors (Lipinski definition) is 2. The molecule has 0 saturated heterocycles. The van der Waals surface area contributed by atoms with Crippen molar-refractivity contribution in [3.8, 4) is 5.69 Å². The fraction of sp³-hybridized carbons (Fsp3) is 0.333. The molecule has 0 radical (unpaired) electrons. The van der Waals surface area contributed by atoms with E-state index in [4.69, 9.17) is 12.2 Å². The minimum Gasteiger partial charge on any atom is -0.353 e. The molecule has 1 aromatic carbocycles. The molecule has 6 nitrogen and oxygen atoms in total. The Morgan fingerprint density at radius 2 is 2.11 bits per heavy atom. The molecule has 0 spiro atoms. The fourth-order valence-corrected chi connectivity index (χ4v) is 4.37. The molecule has 3 rings (SSSR count). The normalized spacial score (nSPS) is 12.3. The number of carbonyl (C=O) groups excluding carboxylic acids is 1. The highest BCUT2D eigenvalue weighted by Crippen LogP contribution is 2.24. The number of H-pyrrole nitrogens is 1. The molecule has 9 heteroatoms. The van der Waals surface area contributed by atoms with E-state index in [1.165, 1.54) is 23.1 Å². The van der Waals surface area contributed by atoms with Crippen LogP contribution in [0.2, 0.25) is 0 Å². The van der Waals surface area contributed by atoms with Gasteiger partial charge in [-0.1, -0.05) is 47.7 Å². The van der Waals surface area contributed by atoms with Gasteiger partial charge < -0.3 is 10.3 Å². The standard InChI is InChI=1S/C18H20N4O2S3/c1-4-11(3)19-13(23)9-26-17-20-15-14(16(24)21-17)27-18(25)22(15)12-7-5-10(2)6-8-12/h5-8,11H,4,9H2,1-3H3,(H,19,23)(H,20,21,24). The average Bonchev–Trinajstić information content (AvgIpc) is 2.97. The van der Waals surface area contributed by atoms with E-state index >= 15 is 0 Å². The number of benzene rings is 1. The Bertz CT molecular complexity index is 1080. The number of thioether (sulfide) groups is 1. The van der Waals surface area contributed by atoms with E-state index < -0.39 is 0 Å². The number of amides is 1. The first-order valence-corrected chi connectivity index (χ1v) is 10.7. The topological polar surface area (TPSA) is 79.8 Å². The van der Waals surface area contributed by atoms with E-state index in [1.54, 1.807) is 4.57 Å². The summed E-state index contributed by atoms with van der Waals surface area (Å²) in [5, 5.41) is 3.30. The Morgan fingerprint density at radius 3 is 2.78 bits per heavy atom. The third kappa shape index (κ3) is 4.48. The molecular formula is C18H20N4O2S3. The third-order valence-electron chi connectivity index (χ3n) is 4.07. The smallest absolute Gasteiger partial charge is 0.271 e. The first kappa shape index (κ1) is 19.8. The van der Waals surface area contributed by atoms with Crippen LogP contribution in [-0.4, -0.2) is 32.2 Å². The molecule has 3 aromatic rings. The number of hydrogen-bond acceptors (Lipinski definition) is 6. The van der Waals surface area contributed by atoms with Crippen molar-refractivity contribution in [3.63, 3.8) is 0 Å². The fourth-order valence-electron chi connectivity index (χ4n) is 2.44. The van der Waals surface area contributed by atoms with E-state index in [0.717, 1.165) is 17.7 Å². The molecule has 2 heterocycles. The van der Waals surface area contributed by atoms with Gasteiger partial charge in [-0.05, 0) is 44.6 Å². The van der Waals surface area contributed by atoms with Gasteiger partial charge in [-0.15, -0.1) is 0 Å². The van der Waals surface area contributed by atoms with Gasteiger partial charge in [0.05, 0.1) is 5.75 Å². The van der Waals surface area contributed by atoms with Crippen molar-refractivity contribution < 1.29 is 4.79 Å². The van der Waals surface area contributed by atoms with Gasteiger partial charge in [0.15, 0.2) is 14.8 Å². The van der Waals surface area contributed by atoms with Crippen LogP contribution >= 0.6 is 35.3 Å². The predicted molar refractivity (Wildman–Crippen MR) is 114 cm³/mol. The predicted octanol–water partition coefficient (Wildman–Crippen LogP) is 3.82. The van der Waals surface area contributed by atoms with Crippen molar-refractivity contribution in [1.82, 2.24) is 19.9 Å². The van der Waals surface area contributed by atoms with Crippen molar-refractivity contribution >= 4 is 51.6 Å². The Labute approximate surface area is 170 Å². The number of fused-ring (bicyclic) bond motifs is 1. The van der Waals surface area contributed by atoms with E-state index in [0.29, 0.717) is 19.5 Å². The van der Waals surface area contributed by atoms with Gasteiger partial charge in [0.2, 0.25) is 5.91 Å². The maximum absolute atomic E-state index is 12.5. The highest BCUT2D eigenvalue weighted by atomic mass is 32.2. The Balaban J connectivity index is 1.94. The number of aryl methyl sites for hydroxylation is 1. The second-order valence-corrected chi connectivity index (χ2v) is 8.84. The largest absolute Gasteiger partial charge is 0.353 e. The molecule has 27 heavy (non-hydrogen) atoms. The number of nitrogens with one attached hydrogen (secondary N) is 2. The van der Waals surface area contributed by atoms with Gasteiger partial charge >= 0.3 is 0 Å². The van der Waals surface area contributed by atoms with E-state index in [-0.39, 0.29) is 23.3 Å². The molecule has 0 aliphatic rings. The van der Waals surface area contributed by atoms with Crippen LogP contribution < -0.4 is 10.9 Å². The molecule has 0 aliphatic carbocycles. The van der Waals surface area contributed by atoms with E-state index in [2.05, 4.69) is 15.3 Å². The van der Waals surface area contributed by atoms with Crippen LogP contribution in [0.4, 0.5) is 0 Å². The summed E-state index contributed by atoms with van der Waals surface area (Å²) < 4.78 is 2.84. The van der Waals surface area contributed by atoms with Crippen LogP contribution in [0.5, 0.6) is 0 Å². The van der Waals surface area contributed by atoms with Gasteiger partial charge in [0.1, 0.15) is 4.70 Å². The van der Waals surface area contributed by atoms with Crippen molar-refractivity contribution in [1.29, 1.82) is 0 Å². The molecule has 1 unspecified atom stereocenters. The van der Waals surface area contributed by atoms with Gasteiger partial charge in [-0.3, -0.25) is 14.2 Å². The zero-order valence-electron chi connectivity index (χ0n) is 15.2. The quantitative estimate of drug-likeness (QED) is 0.360. The lowest BCUT2D eigenvalue weighted by Crippen LogP contribution is -2.33. The van der Waals surface area contributed by atoms with Crippen LogP contribution in [0, 0.1) is 10.9 Å². The summed E-state index contributed by atoms with van der Waals surface area (Å²) in [5.74, 6) is 0.103. The molecule has 0 bridgehead atoms. The van der Waals surface area contributed by atoms with Crippen molar-refractivity contribution in [2.75, 3.05) is 5.75 Å². The lowest BCUT2D eigenvalue weighted by atomic mass is 10.2. The van der Waals surface area contributed by atoms with E-state index in [1.807, 2.05) is 45.0 Å². The molecule has 1 amide bonds.